The average Bonchev–Trinajstić information content (AvgIpc) is 2.70. The van der Waals surface area contributed by atoms with E-state index < -0.39 is 0 Å². The van der Waals surface area contributed by atoms with Gasteiger partial charge in [0.25, 0.3) is 5.56 Å². The van der Waals surface area contributed by atoms with Crippen molar-refractivity contribution in [2.75, 3.05) is 11.9 Å². The summed E-state index contributed by atoms with van der Waals surface area (Å²) >= 11 is 0. The normalized spacial score (nSPS) is 13.1. The molecule has 6 heteroatoms. The van der Waals surface area contributed by atoms with Crippen LogP contribution in [0.3, 0.4) is 0 Å². The first kappa shape index (κ1) is 18.0. The largest absolute Gasteiger partial charge is 0.322 e. The van der Waals surface area contributed by atoms with Crippen LogP contribution >= 0.6 is 0 Å². The van der Waals surface area contributed by atoms with Gasteiger partial charge in [-0.3, -0.25) is 4.79 Å². The zero-order chi connectivity index (χ0) is 19.7. The first-order valence-electron chi connectivity index (χ1n) is 9.32. The Kier molecular flexibility index (Phi) is 4.69. The van der Waals surface area contributed by atoms with Crippen molar-refractivity contribution in [3.63, 3.8) is 0 Å². The van der Waals surface area contributed by atoms with Crippen molar-refractivity contribution in [3.8, 4) is 11.4 Å². The lowest BCUT2D eigenvalue weighted by atomic mass is 10.1. The highest BCUT2D eigenvalue weighted by Crippen LogP contribution is 2.20. The van der Waals surface area contributed by atoms with E-state index in [0.29, 0.717) is 24.4 Å². The molecule has 0 aliphatic carbocycles. The van der Waals surface area contributed by atoms with Gasteiger partial charge >= 0.3 is 6.03 Å². The van der Waals surface area contributed by atoms with E-state index in [9.17, 15) is 9.59 Å². The summed E-state index contributed by atoms with van der Waals surface area (Å²) in [6.07, 6.45) is 0.555. The number of aryl methyl sites for hydroxylation is 2. The highest BCUT2D eigenvalue weighted by Gasteiger charge is 2.25. The number of amides is 2. The third kappa shape index (κ3) is 3.53. The Morgan fingerprint density at radius 1 is 1.11 bits per heavy atom. The lowest BCUT2D eigenvalue weighted by molar-refractivity contribution is 0.205. The average molecular weight is 374 g/mol. The number of nitrogens with zero attached hydrogens (tertiary/aromatic N) is 2. The predicted molar refractivity (Wildman–Crippen MR) is 109 cm³/mol. The number of carbonyl (C=O) groups excluding carboxylic acids is 1. The Labute approximate surface area is 163 Å². The summed E-state index contributed by atoms with van der Waals surface area (Å²) in [7, 11) is 0. The van der Waals surface area contributed by atoms with Crippen molar-refractivity contribution in [1.82, 2.24) is 14.9 Å². The second-order valence-corrected chi connectivity index (χ2v) is 7.12. The molecule has 0 fully saturated rings. The van der Waals surface area contributed by atoms with E-state index in [2.05, 4.69) is 15.3 Å². The molecule has 6 nitrogen and oxygen atoms in total. The van der Waals surface area contributed by atoms with E-state index in [-0.39, 0.29) is 18.1 Å². The summed E-state index contributed by atoms with van der Waals surface area (Å²) in [5.41, 5.74) is 4.94. The number of rotatable bonds is 2. The highest BCUT2D eigenvalue weighted by atomic mass is 16.2. The maximum Gasteiger partial charge on any atom is 0.322 e. The summed E-state index contributed by atoms with van der Waals surface area (Å²) in [6.45, 7) is 4.74. The number of nitrogens with one attached hydrogen (secondary N) is 2. The van der Waals surface area contributed by atoms with Crippen molar-refractivity contribution in [1.29, 1.82) is 0 Å². The highest BCUT2D eigenvalue weighted by molar-refractivity contribution is 5.90. The number of para-hydroxylation sites is 1. The molecule has 0 spiro atoms. The van der Waals surface area contributed by atoms with E-state index in [1.807, 2.05) is 62.4 Å². The fraction of sp³-hybridized carbons (Fsp3) is 0.227. The van der Waals surface area contributed by atoms with Gasteiger partial charge in [0, 0.05) is 24.2 Å². The van der Waals surface area contributed by atoms with Gasteiger partial charge in [-0.05, 0) is 25.5 Å². The fourth-order valence-corrected chi connectivity index (χ4v) is 3.35. The van der Waals surface area contributed by atoms with Crippen LogP contribution < -0.4 is 10.9 Å². The van der Waals surface area contributed by atoms with Gasteiger partial charge in [0.1, 0.15) is 5.82 Å². The quantitative estimate of drug-likeness (QED) is 0.719. The van der Waals surface area contributed by atoms with Gasteiger partial charge in [0.2, 0.25) is 0 Å². The van der Waals surface area contributed by atoms with Crippen LogP contribution in [0.4, 0.5) is 10.5 Å². The van der Waals surface area contributed by atoms with Crippen LogP contribution in [0.5, 0.6) is 0 Å². The predicted octanol–water partition coefficient (Wildman–Crippen LogP) is 3.64. The molecular formula is C22H22N4O2. The van der Waals surface area contributed by atoms with Crippen LogP contribution in [0, 0.1) is 13.8 Å². The number of benzene rings is 2. The number of H-pyrrole nitrogens is 1. The summed E-state index contributed by atoms with van der Waals surface area (Å²) in [5.74, 6) is 0.571. The smallest absolute Gasteiger partial charge is 0.320 e. The van der Waals surface area contributed by atoms with Crippen LogP contribution in [0.15, 0.2) is 53.3 Å². The van der Waals surface area contributed by atoms with Crippen LogP contribution in [0.25, 0.3) is 11.4 Å². The van der Waals surface area contributed by atoms with Gasteiger partial charge in [-0.15, -0.1) is 0 Å². The molecule has 2 aromatic carbocycles. The van der Waals surface area contributed by atoms with E-state index in [0.717, 1.165) is 28.1 Å². The number of fused-ring (bicyclic) bond motifs is 1. The molecule has 0 atom stereocenters. The lowest BCUT2D eigenvalue weighted by Gasteiger charge is -2.28. The topological polar surface area (TPSA) is 78.1 Å². The summed E-state index contributed by atoms with van der Waals surface area (Å²) in [4.78, 5) is 34.5. The maximum absolute atomic E-state index is 12.7. The second kappa shape index (κ2) is 7.31. The number of anilines is 1. The molecule has 2 amide bonds. The minimum Gasteiger partial charge on any atom is -0.320 e. The van der Waals surface area contributed by atoms with E-state index in [4.69, 9.17) is 0 Å². The van der Waals surface area contributed by atoms with E-state index in [1.165, 1.54) is 0 Å². The Bertz CT molecular complexity index is 1090. The van der Waals surface area contributed by atoms with Crippen LogP contribution in [0.2, 0.25) is 0 Å². The van der Waals surface area contributed by atoms with Crippen molar-refractivity contribution < 1.29 is 4.79 Å². The molecule has 142 valence electrons. The monoisotopic (exact) mass is 374 g/mol. The second-order valence-electron chi connectivity index (χ2n) is 7.12. The molecule has 4 rings (SSSR count). The Balaban J connectivity index is 1.56. The van der Waals surface area contributed by atoms with Gasteiger partial charge in [-0.2, -0.15) is 0 Å². The van der Waals surface area contributed by atoms with Gasteiger partial charge in [-0.25, -0.2) is 9.78 Å². The number of urea groups is 1. The molecule has 0 saturated carbocycles. The molecule has 2 heterocycles. The van der Waals surface area contributed by atoms with Crippen LogP contribution in [-0.2, 0) is 13.0 Å². The third-order valence-corrected chi connectivity index (χ3v) is 5.07. The summed E-state index contributed by atoms with van der Waals surface area (Å²) in [6, 6.07) is 15.3. The molecule has 1 aliphatic rings. The maximum atomic E-state index is 12.7. The minimum atomic E-state index is -0.207. The molecule has 28 heavy (non-hydrogen) atoms. The molecule has 2 N–H and O–H groups in total. The number of hydrogen-bond donors (Lipinski definition) is 2. The Morgan fingerprint density at radius 2 is 1.86 bits per heavy atom. The van der Waals surface area contributed by atoms with E-state index in [1.54, 1.807) is 4.90 Å². The van der Waals surface area contributed by atoms with Crippen molar-refractivity contribution in [2.45, 2.75) is 26.8 Å². The molecule has 3 aromatic rings. The standard InChI is InChI=1S/C22H22N4O2/c1-14-7-9-16(10-8-14)20-23-19-11-12-26(13-17(19)21(27)25-20)22(28)24-18-6-4-3-5-15(18)2/h3-10H,11-13H2,1-2H3,(H,24,28)(H,23,25,27). The first-order valence-corrected chi connectivity index (χ1v) is 9.32. The minimum absolute atomic E-state index is 0.186. The molecule has 0 unspecified atom stereocenters. The molecular weight excluding hydrogens is 352 g/mol. The third-order valence-electron chi connectivity index (χ3n) is 5.07. The molecule has 0 bridgehead atoms. The zero-order valence-corrected chi connectivity index (χ0v) is 16.0. The summed E-state index contributed by atoms with van der Waals surface area (Å²) < 4.78 is 0. The molecule has 1 aliphatic heterocycles. The zero-order valence-electron chi connectivity index (χ0n) is 16.0. The first-order chi connectivity index (χ1) is 13.5. The number of carbonyl (C=O) groups is 1. The number of aromatic amines is 1. The lowest BCUT2D eigenvalue weighted by Crippen LogP contribution is -2.41. The van der Waals surface area contributed by atoms with Crippen LogP contribution in [0.1, 0.15) is 22.4 Å². The van der Waals surface area contributed by atoms with Gasteiger partial charge < -0.3 is 15.2 Å². The van der Waals surface area contributed by atoms with Crippen molar-refractivity contribution >= 4 is 11.7 Å². The van der Waals surface area contributed by atoms with Gasteiger partial charge in [-0.1, -0.05) is 48.0 Å². The van der Waals surface area contributed by atoms with E-state index >= 15 is 0 Å². The Morgan fingerprint density at radius 3 is 2.61 bits per heavy atom. The molecule has 0 saturated heterocycles. The number of aromatic nitrogens is 2. The van der Waals surface area contributed by atoms with Crippen molar-refractivity contribution in [3.05, 3.63) is 81.3 Å². The van der Waals surface area contributed by atoms with Crippen LogP contribution in [-0.4, -0.2) is 27.4 Å². The van der Waals surface area contributed by atoms with Crippen molar-refractivity contribution in [2.24, 2.45) is 0 Å². The molecule has 0 radical (unpaired) electrons. The fourth-order valence-electron chi connectivity index (χ4n) is 3.35. The van der Waals surface area contributed by atoms with Gasteiger partial charge in [0.05, 0.1) is 17.8 Å². The van der Waals surface area contributed by atoms with Gasteiger partial charge in [0.15, 0.2) is 0 Å². The summed E-state index contributed by atoms with van der Waals surface area (Å²) in [5, 5.41) is 2.93. The SMILES string of the molecule is Cc1ccc(-c2nc3c(c(=O)[nH]2)CN(C(=O)Nc2ccccc2C)CC3)cc1. The number of hydrogen-bond acceptors (Lipinski definition) is 3. The Hall–Kier alpha value is -3.41. The molecule has 1 aromatic heterocycles.